The molecule has 7 nitrogen and oxygen atoms in total. The molecule has 0 bridgehead atoms. The maximum absolute atomic E-state index is 12.5. The number of fused-ring (bicyclic) bond motifs is 1. The Kier molecular flexibility index (Phi) is 5.29. The summed E-state index contributed by atoms with van der Waals surface area (Å²) in [4.78, 5) is 25.3. The van der Waals surface area contributed by atoms with E-state index < -0.39 is 15.9 Å². The molecule has 142 valence electrons. The summed E-state index contributed by atoms with van der Waals surface area (Å²) >= 11 is 0. The van der Waals surface area contributed by atoms with Crippen molar-refractivity contribution in [1.82, 2.24) is 4.72 Å². The summed E-state index contributed by atoms with van der Waals surface area (Å²) in [7, 11) is -3.83. The molecule has 2 aromatic carbocycles. The van der Waals surface area contributed by atoms with Gasteiger partial charge in [-0.15, -0.1) is 0 Å². The fourth-order valence-corrected chi connectivity index (χ4v) is 3.99. The van der Waals surface area contributed by atoms with Crippen LogP contribution in [-0.2, 0) is 26.0 Å². The number of aryl methyl sites for hydroxylation is 1. The second-order valence-electron chi connectivity index (χ2n) is 6.45. The fourth-order valence-electron chi connectivity index (χ4n) is 2.96. The van der Waals surface area contributed by atoms with Crippen LogP contribution in [0.15, 0.2) is 47.4 Å². The highest BCUT2D eigenvalue weighted by Gasteiger charge is 2.25. The highest BCUT2D eigenvalue weighted by atomic mass is 32.2. The van der Waals surface area contributed by atoms with Gasteiger partial charge in [-0.25, -0.2) is 13.1 Å². The van der Waals surface area contributed by atoms with Gasteiger partial charge >= 0.3 is 0 Å². The van der Waals surface area contributed by atoms with Gasteiger partial charge in [0.15, 0.2) is 0 Å². The van der Waals surface area contributed by atoms with Crippen molar-refractivity contribution in [2.75, 3.05) is 23.3 Å². The lowest BCUT2D eigenvalue weighted by molar-refractivity contribution is -0.116. The number of carbonyl (C=O) groups is 2. The van der Waals surface area contributed by atoms with E-state index >= 15 is 0 Å². The lowest BCUT2D eigenvalue weighted by Crippen LogP contribution is -2.33. The Balaban J connectivity index is 1.66. The largest absolute Gasteiger partial charge is 0.325 e. The average Bonchev–Trinajstić information content (AvgIpc) is 3.05. The summed E-state index contributed by atoms with van der Waals surface area (Å²) in [5, 5.41) is 2.64. The van der Waals surface area contributed by atoms with Crippen LogP contribution in [0.1, 0.15) is 18.1 Å². The molecular weight excluding hydrogens is 366 g/mol. The van der Waals surface area contributed by atoms with E-state index in [2.05, 4.69) is 10.0 Å². The van der Waals surface area contributed by atoms with E-state index in [0.717, 1.165) is 16.8 Å². The van der Waals surface area contributed by atoms with E-state index in [1.54, 1.807) is 29.2 Å². The van der Waals surface area contributed by atoms with Crippen molar-refractivity contribution < 1.29 is 18.0 Å². The normalized spacial score (nSPS) is 13.3. The van der Waals surface area contributed by atoms with Gasteiger partial charge in [0.05, 0.1) is 11.4 Å². The SMILES string of the molecule is CC(=O)N1CCc2cc(S(=O)(=O)NCC(=O)Nc3ccc(C)cc3)ccc21. The minimum Gasteiger partial charge on any atom is -0.325 e. The third-order valence-corrected chi connectivity index (χ3v) is 5.79. The smallest absolute Gasteiger partial charge is 0.241 e. The molecule has 2 N–H and O–H groups in total. The highest BCUT2D eigenvalue weighted by molar-refractivity contribution is 7.89. The number of hydrogen-bond acceptors (Lipinski definition) is 4. The number of anilines is 2. The first kappa shape index (κ1) is 19.1. The van der Waals surface area contributed by atoms with Crippen molar-refractivity contribution in [2.45, 2.75) is 25.2 Å². The summed E-state index contributed by atoms with van der Waals surface area (Å²) < 4.78 is 27.3. The van der Waals surface area contributed by atoms with E-state index in [1.807, 2.05) is 19.1 Å². The van der Waals surface area contributed by atoms with Crippen molar-refractivity contribution in [3.8, 4) is 0 Å². The van der Waals surface area contributed by atoms with Gasteiger partial charge in [-0.05, 0) is 49.2 Å². The molecule has 8 heteroatoms. The first-order valence-electron chi connectivity index (χ1n) is 8.53. The maximum atomic E-state index is 12.5. The molecule has 0 unspecified atom stereocenters. The van der Waals surface area contributed by atoms with Crippen LogP contribution < -0.4 is 14.9 Å². The first-order chi connectivity index (χ1) is 12.8. The van der Waals surface area contributed by atoms with E-state index in [9.17, 15) is 18.0 Å². The van der Waals surface area contributed by atoms with Crippen LogP contribution in [0.2, 0.25) is 0 Å². The number of nitrogens with zero attached hydrogens (tertiary/aromatic N) is 1. The van der Waals surface area contributed by atoms with Crippen LogP contribution in [0.4, 0.5) is 11.4 Å². The molecule has 0 saturated carbocycles. The lowest BCUT2D eigenvalue weighted by Gasteiger charge is -2.15. The molecule has 1 heterocycles. The second-order valence-corrected chi connectivity index (χ2v) is 8.22. The number of amides is 2. The van der Waals surface area contributed by atoms with Crippen molar-refractivity contribution in [3.63, 3.8) is 0 Å². The zero-order valence-electron chi connectivity index (χ0n) is 15.2. The van der Waals surface area contributed by atoms with E-state index in [0.29, 0.717) is 18.7 Å². The third kappa shape index (κ3) is 4.35. The summed E-state index contributed by atoms with van der Waals surface area (Å²) in [5.41, 5.74) is 3.20. The monoisotopic (exact) mass is 387 g/mol. The van der Waals surface area contributed by atoms with Gasteiger partial charge in [0, 0.05) is 24.8 Å². The Morgan fingerprint density at radius 3 is 2.48 bits per heavy atom. The molecule has 1 aliphatic rings. The summed E-state index contributed by atoms with van der Waals surface area (Å²) in [5.74, 6) is -0.526. The predicted molar refractivity (Wildman–Crippen MR) is 103 cm³/mol. The zero-order chi connectivity index (χ0) is 19.6. The van der Waals surface area contributed by atoms with Crippen molar-refractivity contribution in [2.24, 2.45) is 0 Å². The third-order valence-electron chi connectivity index (χ3n) is 4.39. The molecule has 27 heavy (non-hydrogen) atoms. The minimum atomic E-state index is -3.83. The second kappa shape index (κ2) is 7.50. The van der Waals surface area contributed by atoms with E-state index in [1.165, 1.54) is 13.0 Å². The predicted octanol–water partition coefficient (Wildman–Crippen LogP) is 1.82. The summed E-state index contributed by atoms with van der Waals surface area (Å²) in [6.07, 6.45) is 0.603. The number of nitrogens with one attached hydrogen (secondary N) is 2. The van der Waals surface area contributed by atoms with Gasteiger partial charge < -0.3 is 10.2 Å². The Morgan fingerprint density at radius 1 is 1.11 bits per heavy atom. The molecule has 3 rings (SSSR count). The number of rotatable bonds is 5. The van der Waals surface area contributed by atoms with Gasteiger partial charge in [0.25, 0.3) is 0 Å². The van der Waals surface area contributed by atoms with Crippen molar-refractivity contribution in [3.05, 3.63) is 53.6 Å². The fraction of sp³-hybridized carbons (Fsp3) is 0.263. The quantitative estimate of drug-likeness (QED) is 0.818. The molecule has 0 aliphatic carbocycles. The molecule has 0 saturated heterocycles. The Bertz CT molecular complexity index is 985. The molecule has 0 fully saturated rings. The first-order valence-corrected chi connectivity index (χ1v) is 10.0. The van der Waals surface area contributed by atoms with Crippen molar-refractivity contribution in [1.29, 1.82) is 0 Å². The molecule has 0 atom stereocenters. The van der Waals surface area contributed by atoms with Gasteiger partial charge in [-0.2, -0.15) is 0 Å². The minimum absolute atomic E-state index is 0.0738. The standard InChI is InChI=1S/C19H21N3O4S/c1-13-3-5-16(6-4-13)21-19(24)12-20-27(25,26)17-7-8-18-15(11-17)9-10-22(18)14(2)23/h3-8,11,20H,9-10,12H2,1-2H3,(H,21,24). The number of sulfonamides is 1. The lowest BCUT2D eigenvalue weighted by atomic mass is 10.2. The van der Waals surface area contributed by atoms with Gasteiger partial charge in [-0.3, -0.25) is 9.59 Å². The Hall–Kier alpha value is -2.71. The van der Waals surface area contributed by atoms with Crippen LogP contribution in [0.25, 0.3) is 0 Å². The van der Waals surface area contributed by atoms with Gasteiger partial charge in [0.2, 0.25) is 21.8 Å². The number of carbonyl (C=O) groups excluding carboxylic acids is 2. The van der Waals surface area contributed by atoms with E-state index in [4.69, 9.17) is 0 Å². The van der Waals surface area contributed by atoms with Crippen LogP contribution in [0.5, 0.6) is 0 Å². The van der Waals surface area contributed by atoms with Crippen LogP contribution in [0.3, 0.4) is 0 Å². The molecule has 2 amide bonds. The maximum Gasteiger partial charge on any atom is 0.241 e. The topological polar surface area (TPSA) is 95.6 Å². The van der Waals surface area contributed by atoms with Gasteiger partial charge in [-0.1, -0.05) is 17.7 Å². The summed E-state index contributed by atoms with van der Waals surface area (Å²) in [6.45, 7) is 3.59. The Labute approximate surface area is 158 Å². The molecule has 2 aromatic rings. The average molecular weight is 387 g/mol. The molecule has 0 radical (unpaired) electrons. The van der Waals surface area contributed by atoms with Crippen LogP contribution in [0, 0.1) is 6.92 Å². The van der Waals surface area contributed by atoms with Gasteiger partial charge in [0.1, 0.15) is 0 Å². The number of benzene rings is 2. The highest BCUT2D eigenvalue weighted by Crippen LogP contribution is 2.30. The molecule has 1 aliphatic heterocycles. The van der Waals surface area contributed by atoms with Crippen molar-refractivity contribution >= 4 is 33.2 Å². The van der Waals surface area contributed by atoms with Crippen LogP contribution in [-0.4, -0.2) is 33.3 Å². The Morgan fingerprint density at radius 2 is 1.81 bits per heavy atom. The summed E-state index contributed by atoms with van der Waals surface area (Å²) in [6, 6.07) is 11.8. The molecular formula is C19H21N3O4S. The number of hydrogen-bond donors (Lipinski definition) is 2. The molecule has 0 aromatic heterocycles. The van der Waals surface area contributed by atoms with E-state index in [-0.39, 0.29) is 17.3 Å². The zero-order valence-corrected chi connectivity index (χ0v) is 16.0. The molecule has 0 spiro atoms. The van der Waals surface area contributed by atoms with Crippen LogP contribution >= 0.6 is 0 Å².